The molecule has 0 atom stereocenters. The number of rotatable bonds is 15. The predicted octanol–water partition coefficient (Wildman–Crippen LogP) is 8.27. The molecule has 0 N–H and O–H groups in total. The molecule has 0 nitrogen and oxygen atoms in total. The molecule has 0 radical (unpaired) electrons. The Morgan fingerprint density at radius 2 is 0.783 bits per heavy atom. The molecule has 0 saturated heterocycles. The minimum atomic E-state index is -1.12. The second-order valence-electron chi connectivity index (χ2n) is 8.86. The van der Waals surface area contributed by atoms with Gasteiger partial charge in [-0.15, -0.1) is 0 Å². The Labute approximate surface area is 149 Å². The second kappa shape index (κ2) is 13.7. The van der Waals surface area contributed by atoms with Crippen molar-refractivity contribution in [2.24, 2.45) is 0 Å². The molecule has 1 heteroatoms. The quantitative estimate of drug-likeness (QED) is 0.207. The standard InChI is InChI=1S/C22H49P/c1-8-9-10-11-12-13-14-15-16-17-18-19-23(20(2)3,21(4)5)22(6)7/h20-23H,8-19H2,1-7H3. The predicted molar refractivity (Wildman–Crippen MR) is 115 cm³/mol. The molecule has 0 aromatic rings. The van der Waals surface area contributed by atoms with E-state index in [0.29, 0.717) is 0 Å². The van der Waals surface area contributed by atoms with E-state index < -0.39 is 7.26 Å². The molecule has 0 bridgehead atoms. The molecule has 0 rings (SSSR count). The van der Waals surface area contributed by atoms with Crippen molar-refractivity contribution in [3.63, 3.8) is 0 Å². The summed E-state index contributed by atoms with van der Waals surface area (Å²) in [6.45, 7) is 17.3. The monoisotopic (exact) mass is 344 g/mol. The average Bonchev–Trinajstić information content (AvgIpc) is 2.47. The minimum absolute atomic E-state index is 0.936. The summed E-state index contributed by atoms with van der Waals surface area (Å²) in [5.41, 5.74) is 2.81. The second-order valence-corrected chi connectivity index (χ2v) is 15.1. The van der Waals surface area contributed by atoms with Crippen LogP contribution >= 0.6 is 7.26 Å². The molecule has 0 aliphatic carbocycles. The maximum absolute atomic E-state index is 2.50. The maximum atomic E-state index is 2.50. The van der Waals surface area contributed by atoms with Crippen LogP contribution in [-0.4, -0.2) is 23.1 Å². The van der Waals surface area contributed by atoms with Crippen LogP contribution in [0.2, 0.25) is 0 Å². The topological polar surface area (TPSA) is 0 Å². The van der Waals surface area contributed by atoms with Gasteiger partial charge in [0, 0.05) is 0 Å². The fraction of sp³-hybridized carbons (Fsp3) is 1.00. The summed E-state index contributed by atoms with van der Waals surface area (Å²) in [6.07, 6.45) is 17.7. The first kappa shape index (κ1) is 23.4. The van der Waals surface area contributed by atoms with Gasteiger partial charge in [-0.1, -0.05) is 6.92 Å². The number of hydrogen-bond acceptors (Lipinski definition) is 0. The van der Waals surface area contributed by atoms with E-state index in [1.807, 2.05) is 0 Å². The van der Waals surface area contributed by atoms with Crippen molar-refractivity contribution in [1.29, 1.82) is 0 Å². The zero-order chi connectivity index (χ0) is 17.7. The molecular weight excluding hydrogens is 295 g/mol. The Balaban J connectivity index is 3.80. The summed E-state index contributed by atoms with van der Waals surface area (Å²) in [7, 11) is -1.12. The van der Waals surface area contributed by atoms with Gasteiger partial charge in [0.15, 0.2) is 0 Å². The van der Waals surface area contributed by atoms with Crippen LogP contribution in [0.25, 0.3) is 0 Å². The van der Waals surface area contributed by atoms with Gasteiger partial charge in [0.05, 0.1) is 0 Å². The van der Waals surface area contributed by atoms with Crippen molar-refractivity contribution in [2.75, 3.05) is 6.16 Å². The molecule has 0 aromatic heterocycles. The Bertz CT molecular complexity index is 233. The van der Waals surface area contributed by atoms with Crippen molar-refractivity contribution in [1.82, 2.24) is 0 Å². The molecule has 23 heavy (non-hydrogen) atoms. The van der Waals surface area contributed by atoms with Gasteiger partial charge in [-0.05, 0) is 0 Å². The van der Waals surface area contributed by atoms with E-state index in [1.165, 1.54) is 70.6 Å². The van der Waals surface area contributed by atoms with Gasteiger partial charge in [0.1, 0.15) is 0 Å². The molecule has 0 saturated carbocycles. The fourth-order valence-electron chi connectivity index (χ4n) is 4.96. The molecule has 0 aromatic carbocycles. The van der Waals surface area contributed by atoms with E-state index >= 15 is 0 Å². The first-order valence-corrected chi connectivity index (χ1v) is 13.3. The van der Waals surface area contributed by atoms with Crippen LogP contribution in [0.3, 0.4) is 0 Å². The number of hydrogen-bond donors (Lipinski definition) is 0. The SMILES string of the molecule is CCCCCCCCCCCCC[PH](C(C)C)(C(C)C)C(C)C. The summed E-state index contributed by atoms with van der Waals surface area (Å²) < 4.78 is 0. The molecule has 0 fully saturated rings. The van der Waals surface area contributed by atoms with Crippen LogP contribution in [-0.2, 0) is 0 Å². The van der Waals surface area contributed by atoms with Gasteiger partial charge in [0.2, 0.25) is 0 Å². The van der Waals surface area contributed by atoms with Gasteiger partial charge in [0.25, 0.3) is 0 Å². The third kappa shape index (κ3) is 8.90. The zero-order valence-electron chi connectivity index (χ0n) is 17.7. The third-order valence-corrected chi connectivity index (χ3v) is 14.1. The summed E-state index contributed by atoms with van der Waals surface area (Å²) >= 11 is 0. The van der Waals surface area contributed by atoms with Crippen molar-refractivity contribution >= 4 is 7.26 Å². The normalized spacial score (nSPS) is 13.5. The summed E-state index contributed by atoms with van der Waals surface area (Å²) in [5.74, 6) is 0. The van der Waals surface area contributed by atoms with Gasteiger partial charge < -0.3 is 0 Å². The van der Waals surface area contributed by atoms with E-state index in [-0.39, 0.29) is 0 Å². The van der Waals surface area contributed by atoms with Crippen LogP contribution in [0, 0.1) is 0 Å². The van der Waals surface area contributed by atoms with Crippen molar-refractivity contribution < 1.29 is 0 Å². The van der Waals surface area contributed by atoms with Gasteiger partial charge >= 0.3 is 143 Å². The Kier molecular flexibility index (Phi) is 13.9. The Morgan fingerprint density at radius 3 is 1.09 bits per heavy atom. The molecule has 0 aliphatic rings. The van der Waals surface area contributed by atoms with Crippen LogP contribution in [0.1, 0.15) is 119 Å². The molecule has 0 spiro atoms. The van der Waals surface area contributed by atoms with E-state index in [9.17, 15) is 0 Å². The first-order chi connectivity index (χ1) is 10.9. The first-order valence-electron chi connectivity index (χ1n) is 10.9. The van der Waals surface area contributed by atoms with Crippen LogP contribution in [0.5, 0.6) is 0 Å². The van der Waals surface area contributed by atoms with Crippen LogP contribution in [0.15, 0.2) is 0 Å². The van der Waals surface area contributed by atoms with E-state index in [0.717, 1.165) is 17.0 Å². The summed E-state index contributed by atoms with van der Waals surface area (Å²) in [4.78, 5) is 0. The average molecular weight is 345 g/mol. The van der Waals surface area contributed by atoms with Crippen molar-refractivity contribution in [3.8, 4) is 0 Å². The van der Waals surface area contributed by atoms with Crippen molar-refractivity contribution in [2.45, 2.75) is 136 Å². The van der Waals surface area contributed by atoms with Crippen molar-refractivity contribution in [3.05, 3.63) is 0 Å². The van der Waals surface area contributed by atoms with E-state index in [2.05, 4.69) is 48.5 Å². The fourth-order valence-corrected chi connectivity index (χ4v) is 11.6. The molecule has 0 aliphatic heterocycles. The molecular formula is C22H49P. The van der Waals surface area contributed by atoms with Crippen LogP contribution in [0.4, 0.5) is 0 Å². The Hall–Kier alpha value is 0.430. The molecule has 0 unspecified atom stereocenters. The van der Waals surface area contributed by atoms with Crippen LogP contribution < -0.4 is 0 Å². The van der Waals surface area contributed by atoms with Gasteiger partial charge in [-0.25, -0.2) is 0 Å². The number of unbranched alkanes of at least 4 members (excludes halogenated alkanes) is 10. The summed E-state index contributed by atoms with van der Waals surface area (Å²) in [5, 5.41) is 0. The third-order valence-electron chi connectivity index (χ3n) is 6.44. The zero-order valence-corrected chi connectivity index (χ0v) is 18.7. The summed E-state index contributed by atoms with van der Waals surface area (Å²) in [6, 6.07) is 0. The molecule has 0 amide bonds. The van der Waals surface area contributed by atoms with Gasteiger partial charge in [-0.2, -0.15) is 0 Å². The molecule has 0 heterocycles. The molecule has 142 valence electrons. The van der Waals surface area contributed by atoms with Gasteiger partial charge in [-0.3, -0.25) is 0 Å². The van der Waals surface area contributed by atoms with E-state index in [1.54, 1.807) is 6.16 Å². The Morgan fingerprint density at radius 1 is 0.478 bits per heavy atom. The van der Waals surface area contributed by atoms with E-state index in [4.69, 9.17) is 0 Å².